The first-order valence-corrected chi connectivity index (χ1v) is 3.67. The van der Waals surface area contributed by atoms with Crippen molar-refractivity contribution < 1.29 is 0 Å². The molecule has 0 bridgehead atoms. The van der Waals surface area contributed by atoms with E-state index < -0.39 is 0 Å². The van der Waals surface area contributed by atoms with Gasteiger partial charge >= 0.3 is 0 Å². The Balaban J connectivity index is 2.75. The van der Waals surface area contributed by atoms with Crippen LogP contribution in [0.4, 0.5) is 0 Å². The van der Waals surface area contributed by atoms with Gasteiger partial charge in [-0.25, -0.2) is 0 Å². The van der Waals surface area contributed by atoms with E-state index in [-0.39, 0.29) is 0 Å². The van der Waals surface area contributed by atoms with Crippen LogP contribution in [0.5, 0.6) is 0 Å². The van der Waals surface area contributed by atoms with Crippen LogP contribution in [0.2, 0.25) is 0 Å². The second kappa shape index (κ2) is 3.40. The molecular formula is C10H13-. The van der Waals surface area contributed by atoms with Crippen molar-refractivity contribution in [3.05, 3.63) is 42.3 Å². The highest BCUT2D eigenvalue weighted by atomic mass is 13.9. The number of aryl methyl sites for hydroxylation is 2. The maximum Gasteiger partial charge on any atom is -0.0398 e. The van der Waals surface area contributed by atoms with Gasteiger partial charge in [0, 0.05) is 0 Å². The fourth-order valence-corrected chi connectivity index (χ4v) is 1.07. The summed E-state index contributed by atoms with van der Waals surface area (Å²) >= 11 is 0. The van der Waals surface area contributed by atoms with Gasteiger partial charge in [0.25, 0.3) is 0 Å². The van der Waals surface area contributed by atoms with Gasteiger partial charge in [-0.2, -0.15) is 6.42 Å². The fraction of sp³-hybridized carbons (Fsp3) is 0.300. The summed E-state index contributed by atoms with van der Waals surface area (Å²) in [5.74, 6) is 0. The van der Waals surface area contributed by atoms with Crippen molar-refractivity contribution >= 4 is 0 Å². The first-order valence-electron chi connectivity index (χ1n) is 3.67. The zero-order chi connectivity index (χ0) is 7.40. The van der Waals surface area contributed by atoms with Gasteiger partial charge in [-0.05, 0) is 6.92 Å². The third-order valence-corrected chi connectivity index (χ3v) is 1.55. The van der Waals surface area contributed by atoms with Crippen LogP contribution in [0.15, 0.2) is 24.3 Å². The molecule has 0 spiro atoms. The van der Waals surface area contributed by atoms with Crippen LogP contribution >= 0.6 is 0 Å². The number of rotatable bonds is 2. The van der Waals surface area contributed by atoms with E-state index in [4.69, 9.17) is 0 Å². The van der Waals surface area contributed by atoms with Crippen molar-refractivity contribution in [2.45, 2.75) is 19.8 Å². The lowest BCUT2D eigenvalue weighted by Gasteiger charge is -2.00. The lowest BCUT2D eigenvalue weighted by molar-refractivity contribution is 0.996. The highest BCUT2D eigenvalue weighted by molar-refractivity contribution is 5.22. The number of hydrogen-bond donors (Lipinski definition) is 0. The SMILES string of the molecule is [CH2-]CCc1cccc(C)c1. The zero-order valence-corrected chi connectivity index (χ0v) is 6.43. The zero-order valence-electron chi connectivity index (χ0n) is 6.43. The molecule has 0 radical (unpaired) electrons. The van der Waals surface area contributed by atoms with Crippen LogP contribution in [0, 0.1) is 13.8 Å². The predicted molar refractivity (Wildman–Crippen MR) is 44.9 cm³/mol. The van der Waals surface area contributed by atoms with Crippen molar-refractivity contribution in [2.75, 3.05) is 0 Å². The molecule has 0 heterocycles. The molecule has 1 aromatic rings. The first kappa shape index (κ1) is 7.33. The number of hydrogen-bond acceptors (Lipinski definition) is 0. The summed E-state index contributed by atoms with van der Waals surface area (Å²) in [6, 6.07) is 8.58. The maximum atomic E-state index is 3.81. The van der Waals surface area contributed by atoms with Gasteiger partial charge in [-0.3, -0.25) is 0 Å². The molecule has 0 saturated carbocycles. The van der Waals surface area contributed by atoms with E-state index >= 15 is 0 Å². The molecule has 54 valence electrons. The normalized spacial score (nSPS) is 9.80. The van der Waals surface area contributed by atoms with Crippen molar-refractivity contribution in [1.29, 1.82) is 0 Å². The van der Waals surface area contributed by atoms with Crippen molar-refractivity contribution in [3.8, 4) is 0 Å². The van der Waals surface area contributed by atoms with Crippen LogP contribution in [0.1, 0.15) is 17.5 Å². The van der Waals surface area contributed by atoms with E-state index in [1.807, 2.05) is 0 Å². The third-order valence-electron chi connectivity index (χ3n) is 1.55. The summed E-state index contributed by atoms with van der Waals surface area (Å²) in [6.45, 7) is 5.93. The minimum Gasteiger partial charge on any atom is -0.343 e. The summed E-state index contributed by atoms with van der Waals surface area (Å²) < 4.78 is 0. The van der Waals surface area contributed by atoms with Crippen LogP contribution in [-0.4, -0.2) is 0 Å². The Morgan fingerprint density at radius 1 is 1.40 bits per heavy atom. The van der Waals surface area contributed by atoms with E-state index in [0.717, 1.165) is 12.8 Å². The standard InChI is InChI=1S/C10H13/c1-3-5-10-7-4-6-9(2)8-10/h4,6-8H,1,3,5H2,2H3/q-1. The summed E-state index contributed by atoms with van der Waals surface area (Å²) in [4.78, 5) is 0. The molecule has 0 N–H and O–H groups in total. The average molecular weight is 133 g/mol. The van der Waals surface area contributed by atoms with Gasteiger partial charge in [0.05, 0.1) is 0 Å². The largest absolute Gasteiger partial charge is 0.343 e. The van der Waals surface area contributed by atoms with Crippen LogP contribution < -0.4 is 0 Å². The lowest BCUT2D eigenvalue weighted by Crippen LogP contribution is -1.82. The Labute approximate surface area is 62.9 Å². The summed E-state index contributed by atoms with van der Waals surface area (Å²) in [5.41, 5.74) is 2.74. The molecule has 0 unspecified atom stereocenters. The topological polar surface area (TPSA) is 0 Å². The second-order valence-electron chi connectivity index (χ2n) is 2.59. The minimum atomic E-state index is 0.990. The van der Waals surface area contributed by atoms with Gasteiger partial charge in [0.15, 0.2) is 0 Å². The van der Waals surface area contributed by atoms with Crippen LogP contribution in [-0.2, 0) is 6.42 Å². The summed E-state index contributed by atoms with van der Waals surface area (Å²) in [7, 11) is 0. The van der Waals surface area contributed by atoms with Gasteiger partial charge in [0.1, 0.15) is 0 Å². The Morgan fingerprint density at radius 2 is 2.20 bits per heavy atom. The highest BCUT2D eigenvalue weighted by Crippen LogP contribution is 2.05. The monoisotopic (exact) mass is 133 g/mol. The van der Waals surface area contributed by atoms with E-state index in [1.54, 1.807) is 0 Å². The molecule has 0 nitrogen and oxygen atoms in total. The Morgan fingerprint density at radius 3 is 2.80 bits per heavy atom. The fourth-order valence-electron chi connectivity index (χ4n) is 1.07. The Hall–Kier alpha value is -0.780. The lowest BCUT2D eigenvalue weighted by atomic mass is 10.1. The van der Waals surface area contributed by atoms with E-state index in [0.29, 0.717) is 0 Å². The Bertz CT molecular complexity index is 201. The van der Waals surface area contributed by atoms with Crippen molar-refractivity contribution in [3.63, 3.8) is 0 Å². The smallest absolute Gasteiger partial charge is 0.0398 e. The highest BCUT2D eigenvalue weighted by Gasteiger charge is 1.87. The molecule has 0 saturated heterocycles. The molecule has 10 heavy (non-hydrogen) atoms. The molecule has 0 aliphatic rings. The molecule has 0 aliphatic heterocycles. The Kier molecular flexibility index (Phi) is 2.49. The molecule has 1 aromatic carbocycles. The molecule has 0 atom stereocenters. The van der Waals surface area contributed by atoms with Crippen LogP contribution in [0.25, 0.3) is 0 Å². The van der Waals surface area contributed by atoms with Gasteiger partial charge in [-0.15, -0.1) is 0 Å². The van der Waals surface area contributed by atoms with Gasteiger partial charge in [-0.1, -0.05) is 41.8 Å². The average Bonchev–Trinajstić information content (AvgIpc) is 1.88. The van der Waals surface area contributed by atoms with E-state index in [9.17, 15) is 0 Å². The first-order chi connectivity index (χ1) is 4.83. The van der Waals surface area contributed by atoms with Gasteiger partial charge in [0.2, 0.25) is 0 Å². The minimum absolute atomic E-state index is 0.990. The molecule has 0 heteroatoms. The molecule has 0 amide bonds. The van der Waals surface area contributed by atoms with E-state index in [2.05, 4.69) is 38.1 Å². The van der Waals surface area contributed by atoms with Crippen molar-refractivity contribution in [2.24, 2.45) is 0 Å². The van der Waals surface area contributed by atoms with Crippen LogP contribution in [0.3, 0.4) is 0 Å². The van der Waals surface area contributed by atoms with E-state index in [1.165, 1.54) is 11.1 Å². The van der Waals surface area contributed by atoms with Gasteiger partial charge < -0.3 is 6.92 Å². The van der Waals surface area contributed by atoms with Crippen molar-refractivity contribution in [1.82, 2.24) is 0 Å². The number of benzene rings is 1. The molecule has 0 aromatic heterocycles. The maximum absolute atomic E-state index is 3.81. The predicted octanol–water partition coefficient (Wildman–Crippen LogP) is 2.76. The molecule has 0 fully saturated rings. The molecular weight excluding hydrogens is 120 g/mol. The second-order valence-corrected chi connectivity index (χ2v) is 2.59. The quantitative estimate of drug-likeness (QED) is 0.544. The molecule has 1 rings (SSSR count). The third kappa shape index (κ3) is 1.87. The molecule has 0 aliphatic carbocycles. The summed E-state index contributed by atoms with van der Waals surface area (Å²) in [6.07, 6.45) is 2.09. The summed E-state index contributed by atoms with van der Waals surface area (Å²) in [5, 5.41) is 0.